The molecule has 0 spiro atoms. The zero-order valence-electron chi connectivity index (χ0n) is 32.5. The fraction of sp³-hybridized carbons (Fsp3) is 0.762. The van der Waals surface area contributed by atoms with Crippen LogP contribution in [-0.2, 0) is 28.2 Å². The summed E-state index contributed by atoms with van der Waals surface area (Å²) in [4.78, 5) is 42.7. The van der Waals surface area contributed by atoms with E-state index in [0.717, 1.165) is 44.9 Å². The third-order valence-electron chi connectivity index (χ3n) is 8.60. The monoisotopic (exact) mass is 739 g/mol. The molecule has 8 nitrogen and oxygen atoms in total. The number of carbonyl (C=O) groups excluding carboxylic acids is 2. The van der Waals surface area contributed by atoms with Gasteiger partial charge in [-0.15, -0.1) is 0 Å². The van der Waals surface area contributed by atoms with Crippen molar-refractivity contribution in [3.63, 3.8) is 0 Å². The molecule has 296 valence electrons. The van der Waals surface area contributed by atoms with E-state index in [1.54, 1.807) is 0 Å². The number of phosphoric ester groups is 1. The predicted molar refractivity (Wildman–Crippen MR) is 211 cm³/mol. The Morgan fingerprint density at radius 3 is 1.37 bits per heavy atom. The fourth-order valence-corrected chi connectivity index (χ4v) is 5.90. The van der Waals surface area contributed by atoms with Gasteiger partial charge in [0.2, 0.25) is 0 Å². The van der Waals surface area contributed by atoms with Gasteiger partial charge in [-0.25, -0.2) is 4.57 Å². The van der Waals surface area contributed by atoms with Crippen molar-refractivity contribution in [2.75, 3.05) is 13.2 Å². The summed E-state index contributed by atoms with van der Waals surface area (Å²) in [6.07, 6.45) is 45.6. The van der Waals surface area contributed by atoms with Gasteiger partial charge in [0.1, 0.15) is 6.61 Å². The van der Waals surface area contributed by atoms with Gasteiger partial charge in [0, 0.05) is 12.8 Å². The molecule has 1 atom stereocenters. The quantitative estimate of drug-likeness (QED) is 0.0280. The number of hydrogen-bond acceptors (Lipinski definition) is 6. The van der Waals surface area contributed by atoms with Gasteiger partial charge < -0.3 is 19.3 Å². The minimum atomic E-state index is -4.76. The van der Waals surface area contributed by atoms with Crippen LogP contribution in [0.15, 0.2) is 48.6 Å². The second kappa shape index (κ2) is 37.8. The van der Waals surface area contributed by atoms with E-state index < -0.39 is 32.5 Å². The molecule has 0 aromatic rings. The van der Waals surface area contributed by atoms with Crippen molar-refractivity contribution in [2.45, 2.75) is 193 Å². The van der Waals surface area contributed by atoms with Crippen LogP contribution in [0, 0.1) is 0 Å². The van der Waals surface area contributed by atoms with Crippen LogP contribution in [0.3, 0.4) is 0 Å². The molecule has 2 N–H and O–H groups in total. The first kappa shape index (κ1) is 49.0. The lowest BCUT2D eigenvalue weighted by atomic mass is 10.0. The van der Waals surface area contributed by atoms with Crippen LogP contribution in [-0.4, -0.2) is 41.0 Å². The van der Waals surface area contributed by atoms with Crippen LogP contribution < -0.4 is 0 Å². The number of unbranched alkanes of at least 4 members (excludes halogenated alkanes) is 19. The third-order valence-corrected chi connectivity index (χ3v) is 9.09. The Labute approximate surface area is 312 Å². The van der Waals surface area contributed by atoms with E-state index in [9.17, 15) is 14.2 Å². The molecule has 0 aliphatic rings. The van der Waals surface area contributed by atoms with E-state index in [-0.39, 0.29) is 19.4 Å². The van der Waals surface area contributed by atoms with Crippen molar-refractivity contribution in [3.8, 4) is 0 Å². The Hall–Kier alpha value is -1.99. The standard InChI is InChI=1S/C42H75O8P/c1-3-5-7-9-11-13-15-17-18-19-20-21-22-23-24-25-27-28-30-32-34-36-41(43)48-38-40(39-49-51(45,46)47)50-42(44)37-35-33-31-29-26-16-14-12-10-8-6-4-2/h18-19,21-22,24-25,28,30,40H,3-17,20,23,26-27,29,31-39H2,1-2H3,(H2,45,46,47)/b19-18+,22-21+,25-24+,30-28+/t40-/m1/s1. The van der Waals surface area contributed by atoms with Crippen molar-refractivity contribution < 1.29 is 37.9 Å². The first-order valence-corrected chi connectivity index (χ1v) is 22.0. The molecule has 0 amide bonds. The Kier molecular flexibility index (Phi) is 36.3. The van der Waals surface area contributed by atoms with E-state index in [2.05, 4.69) is 60.9 Å². The fourth-order valence-electron chi connectivity index (χ4n) is 5.54. The maximum Gasteiger partial charge on any atom is 0.469 e. The average molecular weight is 739 g/mol. The second-order valence-corrected chi connectivity index (χ2v) is 14.9. The zero-order valence-corrected chi connectivity index (χ0v) is 33.4. The molecule has 0 aliphatic carbocycles. The minimum absolute atomic E-state index is 0.192. The molecular formula is C42H75O8P. The molecule has 0 saturated heterocycles. The van der Waals surface area contributed by atoms with E-state index in [1.165, 1.54) is 103 Å². The molecule has 0 aromatic heterocycles. The summed E-state index contributed by atoms with van der Waals surface area (Å²) in [6, 6.07) is 0. The van der Waals surface area contributed by atoms with Gasteiger partial charge >= 0.3 is 19.8 Å². The number of allylic oxidation sites excluding steroid dienone is 8. The molecule has 0 radical (unpaired) electrons. The Morgan fingerprint density at radius 2 is 0.902 bits per heavy atom. The summed E-state index contributed by atoms with van der Waals surface area (Å²) in [6.45, 7) is 3.63. The lowest BCUT2D eigenvalue weighted by Crippen LogP contribution is -2.29. The van der Waals surface area contributed by atoms with Crippen LogP contribution in [0.1, 0.15) is 187 Å². The van der Waals surface area contributed by atoms with E-state index in [0.29, 0.717) is 12.8 Å². The van der Waals surface area contributed by atoms with Crippen molar-refractivity contribution >= 4 is 19.8 Å². The van der Waals surface area contributed by atoms with Gasteiger partial charge in [-0.1, -0.05) is 172 Å². The molecule has 0 rings (SSSR count). The molecule has 0 heterocycles. The van der Waals surface area contributed by atoms with Crippen LogP contribution in [0.5, 0.6) is 0 Å². The smallest absolute Gasteiger partial charge is 0.462 e. The van der Waals surface area contributed by atoms with Crippen LogP contribution in [0.2, 0.25) is 0 Å². The van der Waals surface area contributed by atoms with Crippen LogP contribution in [0.25, 0.3) is 0 Å². The zero-order chi connectivity index (χ0) is 37.5. The van der Waals surface area contributed by atoms with E-state index in [4.69, 9.17) is 19.3 Å². The molecule has 0 aliphatic heterocycles. The number of carbonyl (C=O) groups is 2. The first-order valence-electron chi connectivity index (χ1n) is 20.4. The van der Waals surface area contributed by atoms with Gasteiger partial charge in [0.25, 0.3) is 0 Å². The largest absolute Gasteiger partial charge is 0.469 e. The Morgan fingerprint density at radius 1 is 0.510 bits per heavy atom. The lowest BCUT2D eigenvalue weighted by Gasteiger charge is -2.18. The highest BCUT2D eigenvalue weighted by atomic mass is 31.2. The topological polar surface area (TPSA) is 119 Å². The van der Waals surface area contributed by atoms with E-state index in [1.807, 2.05) is 6.08 Å². The highest BCUT2D eigenvalue weighted by Crippen LogP contribution is 2.36. The Bertz CT molecular complexity index is 968. The first-order chi connectivity index (χ1) is 24.8. The highest BCUT2D eigenvalue weighted by Gasteiger charge is 2.22. The second-order valence-electron chi connectivity index (χ2n) is 13.6. The predicted octanol–water partition coefficient (Wildman–Crippen LogP) is 12.3. The summed E-state index contributed by atoms with van der Waals surface area (Å²) in [5.41, 5.74) is 0. The molecule has 0 aromatic carbocycles. The van der Waals surface area contributed by atoms with Crippen molar-refractivity contribution in [1.82, 2.24) is 0 Å². The number of ether oxygens (including phenoxy) is 2. The molecule has 0 bridgehead atoms. The number of esters is 2. The van der Waals surface area contributed by atoms with Crippen molar-refractivity contribution in [2.24, 2.45) is 0 Å². The number of phosphoric acid groups is 1. The molecule has 0 unspecified atom stereocenters. The highest BCUT2D eigenvalue weighted by molar-refractivity contribution is 7.46. The summed E-state index contributed by atoms with van der Waals surface area (Å²) < 4.78 is 26.3. The van der Waals surface area contributed by atoms with Gasteiger partial charge in [-0.3, -0.25) is 14.1 Å². The third kappa shape index (κ3) is 40.6. The van der Waals surface area contributed by atoms with Gasteiger partial charge in [-0.2, -0.15) is 0 Å². The van der Waals surface area contributed by atoms with Gasteiger partial charge in [0.15, 0.2) is 6.10 Å². The number of rotatable bonds is 37. The summed E-state index contributed by atoms with van der Waals surface area (Å²) in [5.74, 6) is -0.949. The minimum Gasteiger partial charge on any atom is -0.462 e. The average Bonchev–Trinajstić information content (AvgIpc) is 3.10. The Balaban J connectivity index is 4.02. The van der Waals surface area contributed by atoms with Crippen LogP contribution >= 0.6 is 7.82 Å². The van der Waals surface area contributed by atoms with E-state index >= 15 is 0 Å². The van der Waals surface area contributed by atoms with Crippen LogP contribution in [0.4, 0.5) is 0 Å². The molecule has 51 heavy (non-hydrogen) atoms. The molecule has 0 fully saturated rings. The van der Waals surface area contributed by atoms with Gasteiger partial charge in [0.05, 0.1) is 6.61 Å². The van der Waals surface area contributed by atoms with Crippen molar-refractivity contribution in [1.29, 1.82) is 0 Å². The summed E-state index contributed by atoms with van der Waals surface area (Å²) in [7, 11) is -4.76. The summed E-state index contributed by atoms with van der Waals surface area (Å²) in [5, 5.41) is 0. The maximum absolute atomic E-state index is 12.3. The van der Waals surface area contributed by atoms with Crippen molar-refractivity contribution in [3.05, 3.63) is 48.6 Å². The molecule has 0 saturated carbocycles. The maximum atomic E-state index is 12.3. The SMILES string of the molecule is CCCCCCCCC/C=C/C/C=C/C/C=C/C/C=C/CCCC(=O)OC[C@H](COP(=O)(O)O)OC(=O)CCCCCCCCCCCCCC. The molecular weight excluding hydrogens is 663 g/mol. The summed E-state index contributed by atoms with van der Waals surface area (Å²) >= 11 is 0. The molecule has 9 heteroatoms. The number of hydrogen-bond donors (Lipinski definition) is 2. The normalized spacial score (nSPS) is 12.9. The lowest BCUT2D eigenvalue weighted by molar-refractivity contribution is -0.161. The van der Waals surface area contributed by atoms with Gasteiger partial charge in [-0.05, 0) is 51.4 Å².